The van der Waals surface area contributed by atoms with Crippen LogP contribution in [-0.4, -0.2) is 33.0 Å². The smallest absolute Gasteiger partial charge is 0.444 e. The van der Waals surface area contributed by atoms with E-state index in [0.29, 0.717) is 0 Å². The third-order valence-electron chi connectivity index (χ3n) is 3.58. The maximum absolute atomic E-state index is 13.3. The SMILES string of the molecule is CC(CCO)n1c(C(F)(F)F)nc2cc(NC(=O)OC(C)(C)C)ccc21. The number of fused-ring (bicyclic) bond motifs is 1. The number of amides is 1. The number of alkyl halides is 3. The van der Waals surface area contributed by atoms with Crippen LogP contribution in [0.4, 0.5) is 23.7 Å². The van der Waals surface area contributed by atoms with Crippen LogP contribution in [0.25, 0.3) is 11.0 Å². The first kappa shape index (κ1) is 20.0. The topological polar surface area (TPSA) is 76.4 Å². The Morgan fingerprint density at radius 3 is 2.54 bits per heavy atom. The summed E-state index contributed by atoms with van der Waals surface area (Å²) in [4.78, 5) is 15.5. The van der Waals surface area contributed by atoms with Crippen LogP contribution < -0.4 is 5.32 Å². The van der Waals surface area contributed by atoms with Crippen molar-refractivity contribution >= 4 is 22.8 Å². The molecule has 0 saturated heterocycles. The fraction of sp³-hybridized carbons (Fsp3) is 0.529. The molecule has 2 aromatic rings. The van der Waals surface area contributed by atoms with Gasteiger partial charge in [-0.15, -0.1) is 0 Å². The highest BCUT2D eigenvalue weighted by Crippen LogP contribution is 2.35. The molecule has 26 heavy (non-hydrogen) atoms. The van der Waals surface area contributed by atoms with Crippen LogP contribution in [0.1, 0.15) is 46.0 Å². The molecule has 0 aliphatic rings. The molecule has 0 aliphatic heterocycles. The van der Waals surface area contributed by atoms with Gasteiger partial charge in [-0.2, -0.15) is 13.2 Å². The Hall–Kier alpha value is -2.29. The van der Waals surface area contributed by atoms with E-state index in [2.05, 4.69) is 10.3 Å². The maximum atomic E-state index is 13.3. The van der Waals surface area contributed by atoms with Crippen molar-refractivity contribution in [3.8, 4) is 0 Å². The lowest BCUT2D eigenvalue weighted by atomic mass is 10.2. The Labute approximate surface area is 149 Å². The number of aliphatic hydroxyl groups is 1. The van der Waals surface area contributed by atoms with Crippen LogP contribution in [-0.2, 0) is 10.9 Å². The van der Waals surface area contributed by atoms with Gasteiger partial charge in [-0.05, 0) is 52.3 Å². The average molecular weight is 373 g/mol. The minimum Gasteiger partial charge on any atom is -0.444 e. The van der Waals surface area contributed by atoms with Crippen LogP contribution in [0.15, 0.2) is 18.2 Å². The molecule has 144 valence electrons. The molecule has 1 amide bonds. The van der Waals surface area contributed by atoms with Crippen molar-refractivity contribution in [3.63, 3.8) is 0 Å². The summed E-state index contributed by atoms with van der Waals surface area (Å²) < 4.78 is 46.2. The Balaban J connectivity index is 2.42. The molecule has 9 heteroatoms. The van der Waals surface area contributed by atoms with E-state index in [1.165, 1.54) is 18.2 Å². The maximum Gasteiger partial charge on any atom is 0.449 e. The van der Waals surface area contributed by atoms with Crippen molar-refractivity contribution < 1.29 is 27.8 Å². The second kappa shape index (κ2) is 7.14. The van der Waals surface area contributed by atoms with Crippen LogP contribution in [0.3, 0.4) is 0 Å². The van der Waals surface area contributed by atoms with Crippen molar-refractivity contribution in [1.29, 1.82) is 0 Å². The predicted molar refractivity (Wildman–Crippen MR) is 91.0 cm³/mol. The van der Waals surface area contributed by atoms with Crippen LogP contribution >= 0.6 is 0 Å². The first-order valence-corrected chi connectivity index (χ1v) is 8.12. The fourth-order valence-corrected chi connectivity index (χ4v) is 2.56. The number of aromatic nitrogens is 2. The summed E-state index contributed by atoms with van der Waals surface area (Å²) in [6.07, 6.45) is -5.19. The highest BCUT2D eigenvalue weighted by molar-refractivity contribution is 5.89. The Morgan fingerprint density at radius 1 is 1.35 bits per heavy atom. The molecule has 0 aliphatic carbocycles. The number of benzene rings is 1. The third kappa shape index (κ3) is 4.66. The zero-order chi connectivity index (χ0) is 19.7. The summed E-state index contributed by atoms with van der Waals surface area (Å²) in [5.74, 6) is -1.04. The van der Waals surface area contributed by atoms with E-state index in [-0.39, 0.29) is 29.7 Å². The van der Waals surface area contributed by atoms with Gasteiger partial charge >= 0.3 is 12.3 Å². The van der Waals surface area contributed by atoms with Gasteiger partial charge in [0.2, 0.25) is 5.82 Å². The lowest BCUT2D eigenvalue weighted by Gasteiger charge is -2.19. The minimum absolute atomic E-state index is 0.0932. The molecule has 1 atom stereocenters. The van der Waals surface area contributed by atoms with Crippen molar-refractivity contribution in [1.82, 2.24) is 9.55 Å². The standard InChI is InChI=1S/C17H22F3N3O3/c1-10(7-8-24)23-13-6-5-11(21-15(25)26-16(2,3)4)9-12(13)22-14(23)17(18,19)20/h5-6,9-10,24H,7-8H2,1-4H3,(H,21,25). The summed E-state index contributed by atoms with van der Waals surface area (Å²) in [6.45, 7) is 6.46. The van der Waals surface area contributed by atoms with E-state index in [1.54, 1.807) is 27.7 Å². The normalized spacial score (nSPS) is 13.7. The van der Waals surface area contributed by atoms with Gasteiger partial charge in [-0.25, -0.2) is 9.78 Å². The van der Waals surface area contributed by atoms with Gasteiger partial charge in [0.05, 0.1) is 11.0 Å². The zero-order valence-corrected chi connectivity index (χ0v) is 15.0. The number of carbonyl (C=O) groups excluding carboxylic acids is 1. The minimum atomic E-state index is -4.64. The molecule has 0 radical (unpaired) electrons. The van der Waals surface area contributed by atoms with Crippen molar-refractivity contribution in [2.24, 2.45) is 0 Å². The highest BCUT2D eigenvalue weighted by atomic mass is 19.4. The summed E-state index contributed by atoms with van der Waals surface area (Å²) in [5, 5.41) is 11.5. The Bertz CT molecular complexity index is 794. The fourth-order valence-electron chi connectivity index (χ4n) is 2.56. The van der Waals surface area contributed by atoms with E-state index < -0.39 is 29.7 Å². The van der Waals surface area contributed by atoms with Crippen LogP contribution in [0.2, 0.25) is 0 Å². The van der Waals surface area contributed by atoms with Crippen molar-refractivity contribution in [2.45, 2.75) is 51.9 Å². The number of aliphatic hydroxyl groups excluding tert-OH is 1. The summed E-state index contributed by atoms with van der Waals surface area (Å²) in [6, 6.07) is 3.71. The number of ether oxygens (including phenoxy) is 1. The van der Waals surface area contributed by atoms with Gasteiger partial charge in [0.1, 0.15) is 5.60 Å². The largest absolute Gasteiger partial charge is 0.449 e. The van der Waals surface area contributed by atoms with E-state index in [9.17, 15) is 18.0 Å². The monoisotopic (exact) mass is 373 g/mol. The van der Waals surface area contributed by atoms with Gasteiger partial charge < -0.3 is 14.4 Å². The quantitative estimate of drug-likeness (QED) is 0.836. The molecule has 6 nitrogen and oxygen atoms in total. The van der Waals surface area contributed by atoms with E-state index in [4.69, 9.17) is 9.84 Å². The highest BCUT2D eigenvalue weighted by Gasteiger charge is 2.38. The molecule has 1 aromatic heterocycles. The molecule has 0 spiro atoms. The van der Waals surface area contributed by atoms with E-state index >= 15 is 0 Å². The number of halogens is 3. The molecule has 1 unspecified atom stereocenters. The molecular weight excluding hydrogens is 351 g/mol. The Morgan fingerprint density at radius 2 is 2.00 bits per heavy atom. The number of hydrogen-bond donors (Lipinski definition) is 2. The second-order valence-electron chi connectivity index (χ2n) is 6.99. The number of anilines is 1. The number of rotatable bonds is 4. The summed E-state index contributed by atoms with van der Waals surface area (Å²) >= 11 is 0. The lowest BCUT2D eigenvalue weighted by Crippen LogP contribution is -2.27. The molecule has 2 rings (SSSR count). The van der Waals surface area contributed by atoms with Gasteiger partial charge in [0, 0.05) is 18.3 Å². The van der Waals surface area contributed by atoms with Gasteiger partial charge in [0.25, 0.3) is 0 Å². The number of nitrogens with one attached hydrogen (secondary N) is 1. The van der Waals surface area contributed by atoms with Gasteiger partial charge in [-0.3, -0.25) is 5.32 Å². The van der Waals surface area contributed by atoms with E-state index in [1.807, 2.05) is 0 Å². The number of nitrogens with zero attached hydrogens (tertiary/aromatic N) is 2. The number of hydrogen-bond acceptors (Lipinski definition) is 4. The zero-order valence-electron chi connectivity index (χ0n) is 15.0. The number of carbonyl (C=O) groups is 1. The second-order valence-corrected chi connectivity index (χ2v) is 6.99. The third-order valence-corrected chi connectivity index (χ3v) is 3.58. The molecule has 1 heterocycles. The van der Waals surface area contributed by atoms with Crippen molar-refractivity contribution in [3.05, 3.63) is 24.0 Å². The van der Waals surface area contributed by atoms with Crippen molar-refractivity contribution in [2.75, 3.05) is 11.9 Å². The van der Waals surface area contributed by atoms with Gasteiger partial charge in [-0.1, -0.05) is 0 Å². The molecule has 0 saturated carbocycles. The summed E-state index contributed by atoms with van der Waals surface area (Å²) in [7, 11) is 0. The van der Waals surface area contributed by atoms with Gasteiger partial charge in [0.15, 0.2) is 0 Å². The van der Waals surface area contributed by atoms with E-state index in [0.717, 1.165) is 4.57 Å². The predicted octanol–water partition coefficient (Wildman–Crippen LogP) is 4.35. The molecule has 0 bridgehead atoms. The first-order chi connectivity index (χ1) is 11.9. The first-order valence-electron chi connectivity index (χ1n) is 8.12. The molecule has 2 N–H and O–H groups in total. The average Bonchev–Trinajstić information content (AvgIpc) is 2.84. The lowest BCUT2D eigenvalue weighted by molar-refractivity contribution is -0.147. The van der Waals surface area contributed by atoms with Crippen LogP contribution in [0.5, 0.6) is 0 Å². The molecule has 0 fully saturated rings. The van der Waals surface area contributed by atoms with Crippen LogP contribution in [0, 0.1) is 0 Å². The molecular formula is C17H22F3N3O3. The Kier molecular flexibility index (Phi) is 5.50. The number of imidazole rings is 1. The summed E-state index contributed by atoms with van der Waals surface area (Å²) in [5.41, 5.74) is -0.0532. The molecule has 1 aromatic carbocycles.